The summed E-state index contributed by atoms with van der Waals surface area (Å²) in [5.41, 5.74) is 3.25. The molecule has 0 radical (unpaired) electrons. The number of thioether (sulfide) groups is 1. The van der Waals surface area contributed by atoms with E-state index in [0.717, 1.165) is 47.2 Å². The van der Waals surface area contributed by atoms with E-state index in [9.17, 15) is 19.5 Å². The standard InChI is InChI=1S/C28H35N3O4S/c1-16-13-24(36-4)22(27(34)30-16)15-29-28(35)26-18(3)31(23-8-6-5-7-21(23)26)17(2)20-11-9-19(10-12-20)14-25(32)33/h5-8,13,17,19-20,22H,9-12,14-15H2,1-4H3,(H,29,35)(H,32,33)/p-1/t17-,19?,20?,22?/m1/s1. The van der Waals surface area contributed by atoms with E-state index in [1.807, 2.05) is 43.5 Å². The Bertz CT molecular complexity index is 1240. The highest BCUT2D eigenvalue weighted by atomic mass is 32.2. The first-order chi connectivity index (χ1) is 17.2. The molecule has 8 heteroatoms. The summed E-state index contributed by atoms with van der Waals surface area (Å²) < 4.78 is 2.26. The summed E-state index contributed by atoms with van der Waals surface area (Å²) in [6.45, 7) is 6.19. The predicted molar refractivity (Wildman–Crippen MR) is 142 cm³/mol. The molecule has 1 aliphatic carbocycles. The number of allylic oxidation sites excluding steroid dienone is 1. The minimum absolute atomic E-state index is 0.138. The van der Waals surface area contributed by atoms with E-state index in [2.05, 4.69) is 21.8 Å². The van der Waals surface area contributed by atoms with Crippen LogP contribution in [0.2, 0.25) is 0 Å². The van der Waals surface area contributed by atoms with Gasteiger partial charge in [0.15, 0.2) is 0 Å². The van der Waals surface area contributed by atoms with Gasteiger partial charge in [-0.2, -0.15) is 0 Å². The van der Waals surface area contributed by atoms with Gasteiger partial charge < -0.3 is 19.8 Å². The van der Waals surface area contributed by atoms with E-state index in [0.29, 0.717) is 17.2 Å². The van der Waals surface area contributed by atoms with Gasteiger partial charge in [0.2, 0.25) is 0 Å². The Kier molecular flexibility index (Phi) is 8.03. The molecule has 36 heavy (non-hydrogen) atoms. The fourth-order valence-corrected chi connectivity index (χ4v) is 6.67. The maximum Gasteiger partial charge on any atom is 0.255 e. The van der Waals surface area contributed by atoms with Gasteiger partial charge >= 0.3 is 0 Å². The molecule has 0 bridgehead atoms. The number of nitrogens with zero attached hydrogens (tertiary/aromatic N) is 2. The number of aromatic nitrogens is 1. The Labute approximate surface area is 216 Å². The van der Waals surface area contributed by atoms with Gasteiger partial charge in [0.25, 0.3) is 11.8 Å². The molecule has 1 N–H and O–H groups in total. The number of carboxylic acid groups (broad SMARTS) is 1. The zero-order valence-electron chi connectivity index (χ0n) is 21.4. The Morgan fingerprint density at radius 1 is 1.19 bits per heavy atom. The van der Waals surface area contributed by atoms with Crippen LogP contribution in [0.15, 0.2) is 40.2 Å². The summed E-state index contributed by atoms with van der Waals surface area (Å²) in [7, 11) is 0. The van der Waals surface area contributed by atoms with Crippen LogP contribution < -0.4 is 10.4 Å². The van der Waals surface area contributed by atoms with Crippen molar-refractivity contribution in [3.8, 4) is 0 Å². The lowest BCUT2D eigenvalue weighted by atomic mass is 9.77. The molecule has 2 aromatic rings. The van der Waals surface area contributed by atoms with Crippen LogP contribution in [0.25, 0.3) is 10.9 Å². The zero-order valence-corrected chi connectivity index (χ0v) is 22.2. The Morgan fingerprint density at radius 2 is 1.89 bits per heavy atom. The minimum Gasteiger partial charge on any atom is -0.550 e. The van der Waals surface area contributed by atoms with Gasteiger partial charge in [0.1, 0.15) is 0 Å². The number of para-hydroxylation sites is 1. The summed E-state index contributed by atoms with van der Waals surface area (Å²) in [5.74, 6) is -1.24. The molecular weight excluding hydrogens is 474 g/mol. The Morgan fingerprint density at radius 3 is 2.56 bits per heavy atom. The molecule has 2 amide bonds. The first-order valence-electron chi connectivity index (χ1n) is 12.6. The van der Waals surface area contributed by atoms with E-state index in [4.69, 9.17) is 0 Å². The van der Waals surface area contributed by atoms with Crippen LogP contribution in [0.4, 0.5) is 0 Å². The van der Waals surface area contributed by atoms with Gasteiger partial charge in [-0.1, -0.05) is 18.2 Å². The number of aliphatic imine (C=N–C) groups is 1. The van der Waals surface area contributed by atoms with Crippen molar-refractivity contribution in [1.29, 1.82) is 0 Å². The van der Waals surface area contributed by atoms with Gasteiger partial charge in [-0.25, -0.2) is 4.99 Å². The van der Waals surface area contributed by atoms with Gasteiger partial charge in [0.05, 0.1) is 11.5 Å². The molecule has 1 aromatic carbocycles. The third-order valence-corrected chi connectivity index (χ3v) is 8.67. The fraction of sp³-hybridized carbons (Fsp3) is 0.500. The van der Waals surface area contributed by atoms with Crippen LogP contribution in [-0.4, -0.2) is 40.9 Å². The maximum absolute atomic E-state index is 13.5. The van der Waals surface area contributed by atoms with E-state index >= 15 is 0 Å². The number of carbonyl (C=O) groups excluding carboxylic acids is 3. The number of benzene rings is 1. The largest absolute Gasteiger partial charge is 0.550 e. The van der Waals surface area contributed by atoms with Crippen LogP contribution in [0.1, 0.15) is 68.0 Å². The second-order valence-electron chi connectivity index (χ2n) is 10.0. The minimum atomic E-state index is -0.966. The predicted octanol–water partition coefficient (Wildman–Crippen LogP) is 4.05. The monoisotopic (exact) mass is 508 g/mol. The highest BCUT2D eigenvalue weighted by molar-refractivity contribution is 8.02. The number of carboxylic acids is 1. The smallest absolute Gasteiger partial charge is 0.255 e. The van der Waals surface area contributed by atoms with Crippen molar-refractivity contribution in [2.75, 3.05) is 12.8 Å². The third kappa shape index (κ3) is 5.28. The van der Waals surface area contributed by atoms with Crippen molar-refractivity contribution < 1.29 is 19.5 Å². The van der Waals surface area contributed by atoms with Crippen molar-refractivity contribution in [1.82, 2.24) is 9.88 Å². The SMILES string of the molecule is CSC1=CC(C)=NC(=O)C1CNC(=O)c1c(C)n([C@H](C)C2CCC(CC(=O)[O-])CC2)c2ccccc12. The van der Waals surface area contributed by atoms with Crippen molar-refractivity contribution in [3.05, 3.63) is 46.5 Å². The maximum atomic E-state index is 13.5. The lowest BCUT2D eigenvalue weighted by molar-refractivity contribution is -0.307. The lowest BCUT2D eigenvalue weighted by Gasteiger charge is -2.34. The van der Waals surface area contributed by atoms with Crippen molar-refractivity contribution >= 4 is 46.2 Å². The quantitative estimate of drug-likeness (QED) is 0.579. The molecule has 1 aromatic heterocycles. The second-order valence-corrected chi connectivity index (χ2v) is 10.9. The van der Waals surface area contributed by atoms with Crippen molar-refractivity contribution in [2.45, 2.75) is 58.9 Å². The second kappa shape index (κ2) is 11.0. The molecule has 0 spiro atoms. The zero-order chi connectivity index (χ0) is 26.0. The van der Waals surface area contributed by atoms with Gasteiger partial charge in [0, 0.05) is 45.8 Å². The summed E-state index contributed by atoms with van der Waals surface area (Å²) in [4.78, 5) is 42.0. The molecule has 1 unspecified atom stereocenters. The van der Waals surface area contributed by atoms with Crippen LogP contribution in [0, 0.1) is 24.7 Å². The average Bonchev–Trinajstić information content (AvgIpc) is 3.14. The topological polar surface area (TPSA) is 104 Å². The van der Waals surface area contributed by atoms with Crippen molar-refractivity contribution in [3.63, 3.8) is 0 Å². The highest BCUT2D eigenvalue weighted by Crippen LogP contribution is 2.40. The van der Waals surface area contributed by atoms with Gasteiger partial charge in [-0.15, -0.1) is 11.8 Å². The highest BCUT2D eigenvalue weighted by Gasteiger charge is 2.31. The number of fused-ring (bicyclic) bond motifs is 1. The fourth-order valence-electron chi connectivity index (χ4n) is 5.91. The number of rotatable bonds is 8. The van der Waals surface area contributed by atoms with Crippen molar-refractivity contribution in [2.24, 2.45) is 22.7 Å². The number of hydrogen-bond donors (Lipinski definition) is 1. The number of dihydropyridines is 1. The Hall–Kier alpha value is -2.87. The molecule has 1 fully saturated rings. The molecule has 7 nitrogen and oxygen atoms in total. The Balaban J connectivity index is 1.55. The molecule has 2 heterocycles. The molecule has 0 saturated heterocycles. The van der Waals surface area contributed by atoms with E-state index in [1.54, 1.807) is 6.92 Å². The molecular formula is C28H34N3O4S-. The van der Waals surface area contributed by atoms with Gasteiger partial charge in [-0.3, -0.25) is 9.59 Å². The van der Waals surface area contributed by atoms with Crippen LogP contribution in [0.3, 0.4) is 0 Å². The molecule has 1 saturated carbocycles. The first-order valence-corrected chi connectivity index (χ1v) is 13.9. The van der Waals surface area contributed by atoms with E-state index in [1.165, 1.54) is 11.8 Å². The number of carbonyl (C=O) groups is 3. The summed E-state index contributed by atoms with van der Waals surface area (Å²) in [6.07, 6.45) is 7.66. The average molecular weight is 509 g/mol. The first kappa shape index (κ1) is 26.2. The lowest BCUT2D eigenvalue weighted by Crippen LogP contribution is -2.35. The summed E-state index contributed by atoms with van der Waals surface area (Å²) in [6, 6.07) is 8.12. The van der Waals surface area contributed by atoms with E-state index in [-0.39, 0.29) is 36.7 Å². The normalized spacial score (nSPS) is 23.2. The van der Waals surface area contributed by atoms with Crippen LogP contribution >= 0.6 is 11.8 Å². The van der Waals surface area contributed by atoms with Gasteiger partial charge in [-0.05, 0) is 83.1 Å². The molecule has 192 valence electrons. The third-order valence-electron chi connectivity index (χ3n) is 7.80. The van der Waals surface area contributed by atoms with E-state index < -0.39 is 11.9 Å². The van der Waals surface area contributed by atoms with Crippen LogP contribution in [-0.2, 0) is 9.59 Å². The number of nitrogens with one attached hydrogen (secondary N) is 1. The molecule has 2 atom stereocenters. The number of amides is 2. The van der Waals surface area contributed by atoms with Crippen LogP contribution in [0.5, 0.6) is 0 Å². The molecule has 2 aliphatic rings. The molecule has 4 rings (SSSR count). The summed E-state index contributed by atoms with van der Waals surface area (Å²) >= 11 is 1.51. The number of hydrogen-bond acceptors (Lipinski definition) is 5. The molecule has 1 aliphatic heterocycles. The number of aliphatic carboxylic acids is 1. The summed E-state index contributed by atoms with van der Waals surface area (Å²) in [5, 5.41) is 14.9.